The molecule has 1 atom stereocenters. The second kappa shape index (κ2) is 9.28. The van der Waals surface area contributed by atoms with Gasteiger partial charge in [-0.1, -0.05) is 6.92 Å². The van der Waals surface area contributed by atoms with Crippen LogP contribution in [-0.4, -0.2) is 58.1 Å². The van der Waals surface area contributed by atoms with Crippen molar-refractivity contribution in [2.24, 2.45) is 11.7 Å². The molecular weight excluding hydrogens is 260 g/mol. The van der Waals surface area contributed by atoms with Gasteiger partial charge in [0.15, 0.2) is 0 Å². The van der Waals surface area contributed by atoms with Crippen molar-refractivity contribution in [3.05, 3.63) is 0 Å². The van der Waals surface area contributed by atoms with Crippen LogP contribution in [0.3, 0.4) is 0 Å². The van der Waals surface area contributed by atoms with Gasteiger partial charge in [-0.25, -0.2) is 0 Å². The van der Waals surface area contributed by atoms with Crippen molar-refractivity contribution < 1.29 is 19.0 Å². The average Bonchev–Trinajstić information content (AvgIpc) is 3.25. The highest BCUT2D eigenvalue weighted by atomic mass is 16.5. The van der Waals surface area contributed by atoms with Gasteiger partial charge in [-0.05, 0) is 31.7 Å². The van der Waals surface area contributed by atoms with Crippen LogP contribution in [0.2, 0.25) is 0 Å². The van der Waals surface area contributed by atoms with Gasteiger partial charge in [-0.3, -0.25) is 4.79 Å². The van der Waals surface area contributed by atoms with Crippen LogP contribution in [-0.2, 0) is 19.0 Å². The lowest BCUT2D eigenvalue weighted by Gasteiger charge is -2.31. The van der Waals surface area contributed by atoms with E-state index >= 15 is 0 Å². The largest absolute Gasteiger partial charge is 0.385 e. The van der Waals surface area contributed by atoms with Crippen molar-refractivity contribution in [1.82, 2.24) is 5.32 Å². The van der Waals surface area contributed by atoms with E-state index in [9.17, 15) is 4.79 Å². The number of hydrogen-bond acceptors (Lipinski definition) is 5. The van der Waals surface area contributed by atoms with Crippen molar-refractivity contribution in [2.75, 3.05) is 46.7 Å². The van der Waals surface area contributed by atoms with Crippen LogP contribution in [0.25, 0.3) is 0 Å². The van der Waals surface area contributed by atoms with Crippen LogP contribution in [0.1, 0.15) is 26.2 Å². The number of carbonyl (C=O) groups is 1. The van der Waals surface area contributed by atoms with E-state index in [2.05, 4.69) is 5.32 Å². The number of carbonyl (C=O) groups excluding carboxylic acids is 1. The van der Waals surface area contributed by atoms with E-state index < -0.39 is 5.54 Å². The highest BCUT2D eigenvalue weighted by molar-refractivity contribution is 5.85. The molecule has 6 heteroatoms. The lowest BCUT2D eigenvalue weighted by atomic mass is 9.93. The Hall–Kier alpha value is -0.690. The topological polar surface area (TPSA) is 82.8 Å². The number of amides is 1. The van der Waals surface area contributed by atoms with Crippen molar-refractivity contribution in [3.8, 4) is 0 Å². The number of likely N-dealkylation sites (N-methyl/N-ethyl adjacent to an activating group) is 1. The van der Waals surface area contributed by atoms with Gasteiger partial charge < -0.3 is 25.3 Å². The summed E-state index contributed by atoms with van der Waals surface area (Å²) in [6, 6.07) is 0. The first-order valence-corrected chi connectivity index (χ1v) is 7.36. The Bertz CT molecular complexity index is 284. The monoisotopic (exact) mass is 288 g/mol. The Balaban J connectivity index is 2.20. The molecule has 0 aromatic rings. The molecule has 1 fully saturated rings. The highest BCUT2D eigenvalue weighted by Crippen LogP contribution is 2.39. The lowest BCUT2D eigenvalue weighted by Crippen LogP contribution is -2.60. The summed E-state index contributed by atoms with van der Waals surface area (Å²) in [5, 5.41) is 3.22. The van der Waals surface area contributed by atoms with Crippen molar-refractivity contribution in [3.63, 3.8) is 0 Å². The quantitative estimate of drug-likeness (QED) is 0.476. The third-order valence-electron chi connectivity index (χ3n) is 3.55. The molecule has 0 spiro atoms. The number of primary amides is 1. The van der Waals surface area contributed by atoms with Crippen LogP contribution in [0.15, 0.2) is 0 Å². The van der Waals surface area contributed by atoms with Gasteiger partial charge in [0.2, 0.25) is 5.91 Å². The molecule has 0 bridgehead atoms. The van der Waals surface area contributed by atoms with Crippen LogP contribution < -0.4 is 11.1 Å². The molecule has 1 rings (SSSR count). The molecule has 0 aromatic carbocycles. The third kappa shape index (κ3) is 5.36. The minimum Gasteiger partial charge on any atom is -0.385 e. The Morgan fingerprint density at radius 1 is 1.25 bits per heavy atom. The molecule has 6 nitrogen and oxygen atoms in total. The normalized spacial score (nSPS) is 17.9. The van der Waals surface area contributed by atoms with Crippen LogP contribution >= 0.6 is 0 Å². The molecule has 1 aliphatic rings. The Kier molecular flexibility index (Phi) is 8.06. The molecule has 3 N–H and O–H groups in total. The van der Waals surface area contributed by atoms with E-state index in [0.29, 0.717) is 45.5 Å². The van der Waals surface area contributed by atoms with Gasteiger partial charge in [-0.15, -0.1) is 0 Å². The molecule has 1 saturated carbocycles. The highest BCUT2D eigenvalue weighted by Gasteiger charge is 2.49. The summed E-state index contributed by atoms with van der Waals surface area (Å²) in [7, 11) is 1.67. The van der Waals surface area contributed by atoms with Crippen molar-refractivity contribution in [1.29, 1.82) is 0 Å². The van der Waals surface area contributed by atoms with Gasteiger partial charge >= 0.3 is 0 Å². The van der Waals surface area contributed by atoms with E-state index in [4.69, 9.17) is 19.9 Å². The first kappa shape index (κ1) is 17.4. The molecule has 1 unspecified atom stereocenters. The van der Waals surface area contributed by atoms with E-state index in [1.54, 1.807) is 7.11 Å². The third-order valence-corrected chi connectivity index (χ3v) is 3.55. The average molecular weight is 288 g/mol. The standard InChI is InChI=1S/C14H28N2O4/c1-3-16-14(13(15)17,12-5-6-12)11-20-10-9-19-8-4-7-18-2/h12,16H,3-11H2,1-2H3,(H2,15,17). The maximum Gasteiger partial charge on any atom is 0.240 e. The number of hydrogen-bond donors (Lipinski definition) is 2. The Morgan fingerprint density at radius 2 is 1.95 bits per heavy atom. The number of nitrogens with two attached hydrogens (primary N) is 1. The second-order valence-electron chi connectivity index (χ2n) is 5.15. The van der Waals surface area contributed by atoms with Crippen molar-refractivity contribution in [2.45, 2.75) is 31.7 Å². The molecule has 118 valence electrons. The van der Waals surface area contributed by atoms with Crippen molar-refractivity contribution >= 4 is 5.91 Å². The van der Waals surface area contributed by atoms with E-state index in [1.807, 2.05) is 6.92 Å². The predicted molar refractivity (Wildman–Crippen MR) is 76.5 cm³/mol. The molecule has 1 aliphatic carbocycles. The zero-order valence-electron chi connectivity index (χ0n) is 12.7. The zero-order valence-corrected chi connectivity index (χ0v) is 12.7. The maximum atomic E-state index is 11.8. The number of rotatable bonds is 13. The second-order valence-corrected chi connectivity index (χ2v) is 5.15. The van der Waals surface area contributed by atoms with Gasteiger partial charge in [0.1, 0.15) is 5.54 Å². The lowest BCUT2D eigenvalue weighted by molar-refractivity contribution is -0.128. The molecule has 0 heterocycles. The van der Waals surface area contributed by atoms with Gasteiger partial charge in [0, 0.05) is 20.3 Å². The minimum absolute atomic E-state index is 0.308. The number of ether oxygens (including phenoxy) is 3. The van der Waals surface area contributed by atoms with Gasteiger partial charge in [-0.2, -0.15) is 0 Å². The minimum atomic E-state index is -0.704. The molecule has 0 saturated heterocycles. The summed E-state index contributed by atoms with van der Waals surface area (Å²) < 4.78 is 15.9. The van der Waals surface area contributed by atoms with Gasteiger partial charge in [0.25, 0.3) is 0 Å². The summed E-state index contributed by atoms with van der Waals surface area (Å²) in [5.74, 6) is -0.00886. The van der Waals surface area contributed by atoms with Crippen LogP contribution in [0.4, 0.5) is 0 Å². The van der Waals surface area contributed by atoms with E-state index in [0.717, 1.165) is 19.3 Å². The first-order valence-electron chi connectivity index (χ1n) is 7.36. The summed E-state index contributed by atoms with van der Waals surface area (Å²) in [6.07, 6.45) is 2.95. The maximum absolute atomic E-state index is 11.8. The van der Waals surface area contributed by atoms with Gasteiger partial charge in [0.05, 0.1) is 19.8 Å². The molecular formula is C14H28N2O4. The molecule has 0 aromatic heterocycles. The summed E-state index contributed by atoms with van der Waals surface area (Å²) in [5.41, 5.74) is 4.86. The molecule has 1 amide bonds. The fraction of sp³-hybridized carbons (Fsp3) is 0.929. The Labute approximate surface area is 121 Å². The van der Waals surface area contributed by atoms with E-state index in [1.165, 1.54) is 0 Å². The van der Waals surface area contributed by atoms with Crippen LogP contribution in [0.5, 0.6) is 0 Å². The summed E-state index contributed by atoms with van der Waals surface area (Å²) in [4.78, 5) is 11.8. The molecule has 20 heavy (non-hydrogen) atoms. The summed E-state index contributed by atoms with van der Waals surface area (Å²) >= 11 is 0. The van der Waals surface area contributed by atoms with E-state index in [-0.39, 0.29) is 5.91 Å². The molecule has 0 radical (unpaired) electrons. The Morgan fingerprint density at radius 3 is 2.50 bits per heavy atom. The number of methoxy groups -OCH3 is 1. The zero-order chi connectivity index (χ0) is 14.8. The number of nitrogens with one attached hydrogen (secondary N) is 1. The predicted octanol–water partition coefficient (Wildman–Crippen LogP) is 0.300. The summed E-state index contributed by atoms with van der Waals surface area (Å²) in [6.45, 7) is 5.36. The first-order chi connectivity index (χ1) is 9.67. The van der Waals surface area contributed by atoms with Crippen LogP contribution in [0, 0.1) is 5.92 Å². The SMILES string of the molecule is CCNC(COCCOCCCOC)(C(N)=O)C1CC1. The fourth-order valence-corrected chi connectivity index (χ4v) is 2.32. The molecule has 0 aliphatic heterocycles. The fourth-order valence-electron chi connectivity index (χ4n) is 2.32. The smallest absolute Gasteiger partial charge is 0.240 e.